The van der Waals surface area contributed by atoms with E-state index in [-0.39, 0.29) is 0 Å². The highest BCUT2D eigenvalue weighted by Gasteiger charge is 2.09. The van der Waals surface area contributed by atoms with Crippen molar-refractivity contribution in [3.63, 3.8) is 0 Å². The Hall–Kier alpha value is -2.28. The van der Waals surface area contributed by atoms with Crippen LogP contribution in [0.25, 0.3) is 11.4 Å². The lowest BCUT2D eigenvalue weighted by Crippen LogP contribution is -1.98. The fourth-order valence-corrected chi connectivity index (χ4v) is 1.85. The fraction of sp³-hybridized carbons (Fsp3) is 0.286. The first-order valence-corrected chi connectivity index (χ1v) is 5.87. The van der Waals surface area contributed by atoms with Gasteiger partial charge in [0.1, 0.15) is 11.6 Å². The van der Waals surface area contributed by atoms with Crippen LogP contribution in [0.4, 0.5) is 0 Å². The first kappa shape index (κ1) is 12.2. The first-order chi connectivity index (χ1) is 8.76. The van der Waals surface area contributed by atoms with Crippen molar-refractivity contribution in [2.75, 3.05) is 6.61 Å². The van der Waals surface area contributed by atoms with Crippen LogP contribution in [0.2, 0.25) is 0 Å². The van der Waals surface area contributed by atoms with Gasteiger partial charge in [0.05, 0.1) is 24.8 Å². The summed E-state index contributed by atoms with van der Waals surface area (Å²) in [6, 6.07) is 9.95. The molecule has 92 valence electrons. The van der Waals surface area contributed by atoms with E-state index < -0.39 is 0 Å². The summed E-state index contributed by atoms with van der Waals surface area (Å²) in [5.74, 6) is 1.68. The fourth-order valence-electron chi connectivity index (χ4n) is 1.85. The van der Waals surface area contributed by atoms with Crippen molar-refractivity contribution >= 4 is 0 Å². The topological polar surface area (TPSA) is 50.8 Å². The first-order valence-electron chi connectivity index (χ1n) is 5.87. The molecule has 0 unspecified atom stereocenters. The Morgan fingerprint density at radius 1 is 1.44 bits per heavy atom. The molecule has 0 aliphatic rings. The van der Waals surface area contributed by atoms with Gasteiger partial charge in [-0.1, -0.05) is 12.1 Å². The second-order valence-corrected chi connectivity index (χ2v) is 3.93. The Balaban J connectivity index is 2.37. The van der Waals surface area contributed by atoms with E-state index in [1.165, 1.54) is 0 Å². The van der Waals surface area contributed by atoms with E-state index in [4.69, 9.17) is 10.00 Å². The second kappa shape index (κ2) is 5.37. The van der Waals surface area contributed by atoms with Crippen molar-refractivity contribution in [1.29, 1.82) is 5.26 Å². The Bertz CT molecular complexity index is 581. The van der Waals surface area contributed by atoms with Gasteiger partial charge in [-0.2, -0.15) is 5.26 Å². The zero-order valence-corrected chi connectivity index (χ0v) is 10.6. The smallest absolute Gasteiger partial charge is 0.140 e. The molecule has 0 aliphatic heterocycles. The predicted molar refractivity (Wildman–Crippen MR) is 69.1 cm³/mol. The number of hydrogen-bond donors (Lipinski definition) is 0. The molecular formula is C14H15N3O. The zero-order valence-electron chi connectivity index (χ0n) is 10.6. The number of hydrogen-bond acceptors (Lipinski definition) is 3. The van der Waals surface area contributed by atoms with Gasteiger partial charge in [-0.05, 0) is 19.1 Å². The van der Waals surface area contributed by atoms with Crippen LogP contribution in [0.5, 0.6) is 5.75 Å². The molecule has 0 amide bonds. The van der Waals surface area contributed by atoms with E-state index in [0.717, 1.165) is 22.8 Å². The van der Waals surface area contributed by atoms with Crippen molar-refractivity contribution in [3.05, 3.63) is 36.2 Å². The molecule has 2 rings (SSSR count). The van der Waals surface area contributed by atoms with Crippen molar-refractivity contribution in [2.24, 2.45) is 7.05 Å². The summed E-state index contributed by atoms with van der Waals surface area (Å²) in [7, 11) is 1.92. The van der Waals surface area contributed by atoms with Gasteiger partial charge >= 0.3 is 0 Å². The van der Waals surface area contributed by atoms with Crippen LogP contribution in [0, 0.1) is 11.3 Å². The van der Waals surface area contributed by atoms with E-state index in [9.17, 15) is 0 Å². The predicted octanol–water partition coefficient (Wildman–Crippen LogP) is 2.55. The van der Waals surface area contributed by atoms with Crippen LogP contribution >= 0.6 is 0 Å². The normalized spacial score (nSPS) is 10.1. The third-order valence-electron chi connectivity index (χ3n) is 2.75. The van der Waals surface area contributed by atoms with Crippen LogP contribution < -0.4 is 4.74 Å². The summed E-state index contributed by atoms with van der Waals surface area (Å²) in [6.07, 6.45) is 2.11. The lowest BCUT2D eigenvalue weighted by molar-refractivity contribution is 0.340. The number of ether oxygens (including phenoxy) is 1. The Morgan fingerprint density at radius 3 is 3.00 bits per heavy atom. The summed E-state index contributed by atoms with van der Waals surface area (Å²) in [4.78, 5) is 4.36. The van der Waals surface area contributed by atoms with Gasteiger partial charge in [-0.25, -0.2) is 4.98 Å². The van der Waals surface area contributed by atoms with Crippen LogP contribution in [-0.2, 0) is 13.5 Å². The SMILES string of the molecule is CCOc1cccc(-c2ncc(CC#N)n2C)c1. The van der Waals surface area contributed by atoms with Crippen LogP contribution in [0.3, 0.4) is 0 Å². The maximum absolute atomic E-state index is 8.73. The van der Waals surface area contributed by atoms with E-state index in [0.29, 0.717) is 13.0 Å². The highest BCUT2D eigenvalue weighted by Crippen LogP contribution is 2.23. The Morgan fingerprint density at radius 2 is 2.28 bits per heavy atom. The molecule has 1 aromatic carbocycles. The number of imidazole rings is 1. The molecule has 0 spiro atoms. The molecule has 0 fully saturated rings. The highest BCUT2D eigenvalue weighted by atomic mass is 16.5. The molecule has 0 bridgehead atoms. The molecule has 0 radical (unpaired) electrons. The Kier molecular flexibility index (Phi) is 3.63. The summed E-state index contributed by atoms with van der Waals surface area (Å²) in [5.41, 5.74) is 1.90. The molecule has 0 saturated heterocycles. The summed E-state index contributed by atoms with van der Waals surface area (Å²) < 4.78 is 7.41. The number of nitrogens with zero attached hydrogens (tertiary/aromatic N) is 3. The van der Waals surface area contributed by atoms with E-state index in [2.05, 4.69) is 11.1 Å². The quantitative estimate of drug-likeness (QED) is 0.826. The van der Waals surface area contributed by atoms with E-state index in [1.807, 2.05) is 42.8 Å². The van der Waals surface area contributed by atoms with Crippen LogP contribution in [0.15, 0.2) is 30.5 Å². The van der Waals surface area contributed by atoms with E-state index >= 15 is 0 Å². The van der Waals surface area contributed by atoms with Crippen molar-refractivity contribution in [2.45, 2.75) is 13.3 Å². The molecule has 4 nitrogen and oxygen atoms in total. The molecular weight excluding hydrogens is 226 g/mol. The maximum Gasteiger partial charge on any atom is 0.140 e. The van der Waals surface area contributed by atoms with Crippen molar-refractivity contribution < 1.29 is 4.74 Å². The van der Waals surface area contributed by atoms with Crippen molar-refractivity contribution in [1.82, 2.24) is 9.55 Å². The van der Waals surface area contributed by atoms with Gasteiger partial charge in [0, 0.05) is 18.8 Å². The van der Waals surface area contributed by atoms with Gasteiger partial charge in [-0.15, -0.1) is 0 Å². The number of rotatable bonds is 4. The van der Waals surface area contributed by atoms with Crippen molar-refractivity contribution in [3.8, 4) is 23.2 Å². The number of benzene rings is 1. The third-order valence-corrected chi connectivity index (χ3v) is 2.75. The monoisotopic (exact) mass is 241 g/mol. The molecule has 0 N–H and O–H groups in total. The molecule has 4 heteroatoms. The third kappa shape index (κ3) is 2.35. The summed E-state index contributed by atoms with van der Waals surface area (Å²) >= 11 is 0. The van der Waals surface area contributed by atoms with Crippen LogP contribution in [0.1, 0.15) is 12.6 Å². The van der Waals surface area contributed by atoms with E-state index in [1.54, 1.807) is 6.20 Å². The average Bonchev–Trinajstić information content (AvgIpc) is 2.73. The minimum Gasteiger partial charge on any atom is -0.494 e. The molecule has 2 aromatic rings. The molecule has 18 heavy (non-hydrogen) atoms. The summed E-state index contributed by atoms with van der Waals surface area (Å²) in [5, 5.41) is 8.73. The highest BCUT2D eigenvalue weighted by molar-refractivity contribution is 5.58. The maximum atomic E-state index is 8.73. The largest absolute Gasteiger partial charge is 0.494 e. The van der Waals surface area contributed by atoms with Gasteiger partial charge in [0.2, 0.25) is 0 Å². The lowest BCUT2D eigenvalue weighted by atomic mass is 10.2. The molecule has 0 aliphatic carbocycles. The second-order valence-electron chi connectivity index (χ2n) is 3.93. The lowest BCUT2D eigenvalue weighted by Gasteiger charge is -2.07. The minimum atomic E-state index is 0.370. The number of aromatic nitrogens is 2. The minimum absolute atomic E-state index is 0.370. The molecule has 0 saturated carbocycles. The molecule has 0 atom stereocenters. The van der Waals surface area contributed by atoms with Gasteiger partial charge < -0.3 is 9.30 Å². The standard InChI is InChI=1S/C14H15N3O/c1-3-18-13-6-4-5-11(9-13)14-16-10-12(7-8-15)17(14)2/h4-6,9-10H,3,7H2,1-2H3. The van der Waals surface area contributed by atoms with Gasteiger partial charge in [-0.3, -0.25) is 0 Å². The molecule has 1 heterocycles. The zero-order chi connectivity index (χ0) is 13.0. The molecule has 1 aromatic heterocycles. The van der Waals surface area contributed by atoms with Crippen LogP contribution in [-0.4, -0.2) is 16.2 Å². The Labute approximate surface area is 106 Å². The average molecular weight is 241 g/mol. The summed E-state index contributed by atoms with van der Waals surface area (Å²) in [6.45, 7) is 2.60. The van der Waals surface area contributed by atoms with Gasteiger partial charge in [0.25, 0.3) is 0 Å². The number of nitriles is 1. The van der Waals surface area contributed by atoms with Gasteiger partial charge in [0.15, 0.2) is 0 Å².